The van der Waals surface area contributed by atoms with Crippen LogP contribution in [0.5, 0.6) is 0 Å². The summed E-state index contributed by atoms with van der Waals surface area (Å²) in [5.74, 6) is -4.09. The van der Waals surface area contributed by atoms with Crippen LogP contribution in [-0.2, 0) is 22.4 Å². The van der Waals surface area contributed by atoms with Crippen molar-refractivity contribution in [1.29, 1.82) is 0 Å². The molecule has 48 heavy (non-hydrogen) atoms. The van der Waals surface area contributed by atoms with Crippen LogP contribution in [0.25, 0.3) is 11.2 Å². The van der Waals surface area contributed by atoms with E-state index in [0.29, 0.717) is 4.90 Å². The number of nitrogens with zero attached hydrogens (tertiary/aromatic N) is 4. The van der Waals surface area contributed by atoms with E-state index in [2.05, 4.69) is 58.3 Å². The number of halogens is 6. The lowest BCUT2D eigenvalue weighted by Crippen LogP contribution is -2.45. The molecule has 0 spiro atoms. The average molecular weight is 729 g/mol. The van der Waals surface area contributed by atoms with E-state index in [1.807, 2.05) is 0 Å². The van der Waals surface area contributed by atoms with Crippen molar-refractivity contribution in [3.8, 4) is 0 Å². The third-order valence-corrected chi connectivity index (χ3v) is 6.33. The van der Waals surface area contributed by atoms with E-state index in [9.17, 15) is 35.4 Å². The Morgan fingerprint density at radius 3 is 1.96 bits per heavy atom. The first-order chi connectivity index (χ1) is 22.5. The minimum atomic E-state index is -4.53. The molecule has 2 amide bonds. The molecule has 0 saturated heterocycles. The number of carbonyl (C=O) groups excluding carboxylic acids is 2. The van der Waals surface area contributed by atoms with E-state index in [4.69, 9.17) is 4.74 Å². The molecule has 0 fully saturated rings. The summed E-state index contributed by atoms with van der Waals surface area (Å²) in [6, 6.07) is 8.79. The van der Waals surface area contributed by atoms with Crippen LogP contribution in [0.3, 0.4) is 0 Å². The van der Waals surface area contributed by atoms with Gasteiger partial charge in [0.1, 0.15) is 11.3 Å². The second kappa shape index (κ2) is 20.6. The Morgan fingerprint density at radius 2 is 1.48 bits per heavy atom. The quantitative estimate of drug-likeness (QED) is 0.119. The Kier molecular flexibility index (Phi) is 18.5. The van der Waals surface area contributed by atoms with Gasteiger partial charge in [-0.2, -0.15) is 13.2 Å². The van der Waals surface area contributed by atoms with Gasteiger partial charge in [0, 0.05) is 27.2 Å². The third kappa shape index (κ3) is 13.5. The largest absolute Gasteiger partial charge is 0.414 e. The minimum Gasteiger partial charge on any atom is -0.388 e. The number of ether oxygens (including phenoxy) is 2. The van der Waals surface area contributed by atoms with Gasteiger partial charge in [-0.25, -0.2) is 22.7 Å². The number of methoxy groups -OCH3 is 1. The smallest absolute Gasteiger partial charge is 0.388 e. The van der Waals surface area contributed by atoms with Crippen molar-refractivity contribution in [2.24, 2.45) is 5.92 Å². The lowest BCUT2D eigenvalue weighted by atomic mass is 10.1. The monoisotopic (exact) mass is 728 g/mol. The molecule has 2 N–H and O–H groups in total. The molecule has 3 heterocycles. The summed E-state index contributed by atoms with van der Waals surface area (Å²) in [5, 5.41) is 2.53. The van der Waals surface area contributed by atoms with E-state index in [0.717, 1.165) is 16.8 Å². The number of imidazole rings is 1. The Morgan fingerprint density at radius 1 is 0.958 bits per heavy atom. The zero-order valence-corrected chi connectivity index (χ0v) is 29.4. The number of aromatic nitrogens is 3. The summed E-state index contributed by atoms with van der Waals surface area (Å²) in [6.07, 6.45) is -6.64. The number of imide groups is 1. The molecule has 0 aliphatic carbocycles. The van der Waals surface area contributed by atoms with Crippen molar-refractivity contribution in [2.75, 3.05) is 41.0 Å². The normalized spacial score (nSPS) is 13.4. The second-order valence-corrected chi connectivity index (χ2v) is 11.9. The maximum absolute atomic E-state index is 14.6. The molecule has 0 unspecified atom stereocenters. The SMILES string of the molecule is CC(C)C.CNS.COC.C[C@@H](OCCc1nc2nc(CNCC(F)(F)CN3C(=O)c4ccccc4C3=O)ccc2n1SF)C(F)(F)F. The Labute approximate surface area is 286 Å². The summed E-state index contributed by atoms with van der Waals surface area (Å²) in [6.45, 7) is 4.90. The molecular weight excluding hydrogens is 686 g/mol. The van der Waals surface area contributed by atoms with Crippen LogP contribution in [0.1, 0.15) is 59.9 Å². The molecule has 4 rings (SSSR count). The molecular formula is C30H42F6N6O4S2. The second-order valence-electron chi connectivity index (χ2n) is 10.9. The van der Waals surface area contributed by atoms with Crippen molar-refractivity contribution in [2.45, 2.75) is 58.9 Å². The summed E-state index contributed by atoms with van der Waals surface area (Å²) in [7, 11) is 4.99. The van der Waals surface area contributed by atoms with Crippen LogP contribution in [0.2, 0.25) is 0 Å². The first-order valence-corrected chi connectivity index (χ1v) is 15.7. The van der Waals surface area contributed by atoms with Gasteiger partial charge in [0.25, 0.3) is 17.7 Å². The number of hydrogen-bond acceptors (Lipinski definition) is 10. The Hall–Kier alpha value is -2.90. The number of hydrogen-bond donors (Lipinski definition) is 3. The van der Waals surface area contributed by atoms with E-state index in [-0.39, 0.29) is 65.7 Å². The zero-order valence-electron chi connectivity index (χ0n) is 27.7. The number of thiol groups is 1. The molecule has 1 aromatic carbocycles. The summed E-state index contributed by atoms with van der Waals surface area (Å²) < 4.78 is 92.9. The Bertz CT molecular complexity index is 1400. The average Bonchev–Trinajstić information content (AvgIpc) is 3.46. The lowest BCUT2D eigenvalue weighted by molar-refractivity contribution is -0.213. The fourth-order valence-corrected chi connectivity index (χ4v) is 4.25. The van der Waals surface area contributed by atoms with Crippen LogP contribution < -0.4 is 10.0 Å². The van der Waals surface area contributed by atoms with Crippen LogP contribution in [0.4, 0.5) is 25.8 Å². The van der Waals surface area contributed by atoms with Crippen LogP contribution >= 0.6 is 25.1 Å². The molecule has 0 radical (unpaired) electrons. The van der Waals surface area contributed by atoms with E-state index in [1.54, 1.807) is 21.3 Å². The van der Waals surface area contributed by atoms with Crippen molar-refractivity contribution in [3.63, 3.8) is 0 Å². The minimum absolute atomic E-state index is 0.0745. The molecule has 3 aromatic rings. The predicted octanol–water partition coefficient (Wildman–Crippen LogP) is 6.32. The highest BCUT2D eigenvalue weighted by atomic mass is 32.2. The first-order valence-electron chi connectivity index (χ1n) is 14.6. The topological polar surface area (TPSA) is 111 Å². The van der Waals surface area contributed by atoms with Gasteiger partial charge >= 0.3 is 6.18 Å². The first kappa shape index (κ1) is 43.1. The number of alkyl halides is 5. The zero-order chi connectivity index (χ0) is 36.7. The van der Waals surface area contributed by atoms with Gasteiger partial charge in [-0.15, -0.1) is 3.89 Å². The van der Waals surface area contributed by atoms with Crippen molar-refractivity contribution in [3.05, 3.63) is 59.0 Å². The summed E-state index contributed by atoms with van der Waals surface area (Å²) >= 11 is 3.33. The number of benzene rings is 1. The molecule has 0 saturated carbocycles. The fourth-order valence-electron chi connectivity index (χ4n) is 3.83. The molecule has 1 atom stereocenters. The van der Waals surface area contributed by atoms with Crippen LogP contribution in [0, 0.1) is 5.92 Å². The van der Waals surface area contributed by atoms with Crippen molar-refractivity contribution >= 4 is 48.1 Å². The molecule has 0 bridgehead atoms. The van der Waals surface area contributed by atoms with Gasteiger partial charge in [-0.1, -0.05) is 45.7 Å². The van der Waals surface area contributed by atoms with Crippen molar-refractivity contribution < 1.29 is 44.9 Å². The van der Waals surface area contributed by atoms with Gasteiger partial charge in [-0.3, -0.25) is 19.2 Å². The number of carbonyl (C=O) groups is 2. The molecule has 1 aliphatic rings. The van der Waals surface area contributed by atoms with Crippen LogP contribution in [-0.4, -0.2) is 89.8 Å². The molecule has 18 heteroatoms. The summed E-state index contributed by atoms with van der Waals surface area (Å²) in [4.78, 5) is 33.5. The van der Waals surface area contributed by atoms with Gasteiger partial charge < -0.3 is 14.8 Å². The number of fused-ring (bicyclic) bond motifs is 2. The van der Waals surface area contributed by atoms with Gasteiger partial charge in [0.15, 0.2) is 24.1 Å². The van der Waals surface area contributed by atoms with Gasteiger partial charge in [0.2, 0.25) is 0 Å². The molecule has 270 valence electrons. The number of amides is 2. The number of rotatable bonds is 11. The van der Waals surface area contributed by atoms with Crippen LogP contribution in [0.15, 0.2) is 36.4 Å². The number of nitrogens with one attached hydrogen (secondary N) is 2. The molecule has 1 aliphatic heterocycles. The lowest BCUT2D eigenvalue weighted by Gasteiger charge is -2.22. The van der Waals surface area contributed by atoms with Gasteiger partial charge in [-0.05, 0) is 44.2 Å². The highest BCUT2D eigenvalue weighted by Crippen LogP contribution is 2.27. The van der Waals surface area contributed by atoms with E-state index in [1.165, 1.54) is 36.4 Å². The standard InChI is InChI=1S/C23H21F6N5O3S.C4H10.C2H6O.CH5NS/c1-13(23(26,27)28)37-9-8-18-32-19-17(34(18)38-29)7-6-14(31-19)10-30-11-22(24,25)12-33-20(35)15-4-2-3-5-16(15)21(33)36;1-4(2)3;1-3-2;1-2-3/h2-7,13,30H,8-12H2,1H3;4H,1-3H3;1-2H3;2-3H,1H3/t13-;;;/m1.../s1. The molecule has 2 aromatic heterocycles. The van der Waals surface area contributed by atoms with Gasteiger partial charge in [0.05, 0.1) is 36.5 Å². The highest BCUT2D eigenvalue weighted by molar-refractivity contribution is 7.92. The maximum atomic E-state index is 14.6. The maximum Gasteiger partial charge on any atom is 0.414 e. The predicted molar refractivity (Wildman–Crippen MR) is 177 cm³/mol. The molecule has 10 nitrogen and oxygen atoms in total. The van der Waals surface area contributed by atoms with Crippen molar-refractivity contribution in [1.82, 2.24) is 28.9 Å². The fraction of sp³-hybridized carbons (Fsp3) is 0.533. The summed E-state index contributed by atoms with van der Waals surface area (Å²) in [5.41, 5.74) is 0.758. The highest BCUT2D eigenvalue weighted by Gasteiger charge is 2.42. The van der Waals surface area contributed by atoms with E-state index >= 15 is 0 Å². The van der Waals surface area contributed by atoms with E-state index < -0.39 is 43.1 Å². The third-order valence-electron chi connectivity index (χ3n) is 5.78. The number of pyridine rings is 1. The Balaban J connectivity index is 0.00000102.